The van der Waals surface area contributed by atoms with Gasteiger partial charge in [0.25, 0.3) is 0 Å². The van der Waals surface area contributed by atoms with Gasteiger partial charge in [0.2, 0.25) is 10.0 Å². The van der Waals surface area contributed by atoms with Crippen LogP contribution in [0.2, 0.25) is 0 Å². The minimum absolute atomic E-state index is 0.298. The fourth-order valence-electron chi connectivity index (χ4n) is 2.84. The molecular formula is C17H28N4O2S. The summed E-state index contributed by atoms with van der Waals surface area (Å²) >= 11 is 0. The van der Waals surface area contributed by atoms with Gasteiger partial charge in [-0.3, -0.25) is 4.72 Å². The van der Waals surface area contributed by atoms with Crippen molar-refractivity contribution >= 4 is 21.7 Å². The Morgan fingerprint density at radius 3 is 2.62 bits per heavy atom. The second-order valence-electron chi connectivity index (χ2n) is 7.04. The zero-order valence-corrected chi connectivity index (χ0v) is 15.8. The highest BCUT2D eigenvalue weighted by molar-refractivity contribution is 7.92. The second-order valence-corrected chi connectivity index (χ2v) is 8.79. The van der Waals surface area contributed by atoms with Crippen molar-refractivity contribution in [2.24, 2.45) is 10.4 Å². The van der Waals surface area contributed by atoms with Crippen LogP contribution in [0, 0.1) is 5.41 Å². The molecule has 24 heavy (non-hydrogen) atoms. The van der Waals surface area contributed by atoms with Gasteiger partial charge >= 0.3 is 0 Å². The van der Waals surface area contributed by atoms with Gasteiger partial charge in [-0.25, -0.2) is 13.4 Å². The highest BCUT2D eigenvalue weighted by atomic mass is 32.2. The van der Waals surface area contributed by atoms with Gasteiger partial charge in [-0.15, -0.1) is 0 Å². The van der Waals surface area contributed by atoms with Crippen molar-refractivity contribution in [1.29, 1.82) is 0 Å². The average Bonchev–Trinajstić information content (AvgIpc) is 2.83. The fraction of sp³-hybridized carbons (Fsp3) is 0.588. The van der Waals surface area contributed by atoms with Gasteiger partial charge in [-0.05, 0) is 30.4 Å². The van der Waals surface area contributed by atoms with E-state index < -0.39 is 10.0 Å². The third-order valence-electron chi connectivity index (χ3n) is 4.02. The number of hydrogen-bond acceptors (Lipinski definition) is 3. The van der Waals surface area contributed by atoms with Crippen LogP contribution in [0.25, 0.3) is 0 Å². The molecular weight excluding hydrogens is 324 g/mol. The van der Waals surface area contributed by atoms with E-state index in [9.17, 15) is 8.42 Å². The summed E-state index contributed by atoms with van der Waals surface area (Å²) in [5, 5.41) is 3.34. The van der Waals surface area contributed by atoms with E-state index in [4.69, 9.17) is 4.99 Å². The van der Waals surface area contributed by atoms with Crippen LogP contribution in [0.5, 0.6) is 0 Å². The Bertz CT molecular complexity index is 698. The van der Waals surface area contributed by atoms with Crippen LogP contribution in [0.4, 0.5) is 5.69 Å². The number of nitrogens with one attached hydrogen (secondary N) is 2. The molecule has 0 amide bonds. The normalized spacial score (nSPS) is 17.8. The molecule has 1 aliphatic heterocycles. The lowest BCUT2D eigenvalue weighted by Gasteiger charge is -2.23. The molecule has 0 atom stereocenters. The Labute approximate surface area is 145 Å². The zero-order valence-electron chi connectivity index (χ0n) is 15.0. The predicted molar refractivity (Wildman–Crippen MR) is 99.7 cm³/mol. The number of benzene rings is 1. The monoisotopic (exact) mass is 352 g/mol. The summed E-state index contributed by atoms with van der Waals surface area (Å²) < 4.78 is 25.6. The minimum Gasteiger partial charge on any atom is -0.357 e. The lowest BCUT2D eigenvalue weighted by Crippen LogP contribution is -2.40. The Morgan fingerprint density at radius 1 is 1.33 bits per heavy atom. The molecule has 0 aliphatic carbocycles. The lowest BCUT2D eigenvalue weighted by molar-refractivity contribution is 0.370. The molecule has 2 rings (SSSR count). The molecule has 1 heterocycles. The van der Waals surface area contributed by atoms with E-state index in [2.05, 4.69) is 35.7 Å². The van der Waals surface area contributed by atoms with E-state index in [1.165, 1.54) is 0 Å². The molecule has 1 aliphatic rings. The van der Waals surface area contributed by atoms with Crippen molar-refractivity contribution in [3.05, 3.63) is 29.8 Å². The first-order valence-electron chi connectivity index (χ1n) is 8.29. The highest BCUT2D eigenvalue weighted by Gasteiger charge is 2.30. The van der Waals surface area contributed by atoms with Gasteiger partial charge in [0.1, 0.15) is 0 Å². The number of hydrogen-bond donors (Lipinski definition) is 2. The number of guanidine groups is 1. The van der Waals surface area contributed by atoms with Gasteiger partial charge in [0, 0.05) is 19.6 Å². The van der Waals surface area contributed by atoms with Gasteiger partial charge < -0.3 is 10.2 Å². The minimum atomic E-state index is -3.30. The number of rotatable bonds is 5. The van der Waals surface area contributed by atoms with E-state index in [1.807, 2.05) is 18.2 Å². The molecule has 134 valence electrons. The Balaban J connectivity index is 2.18. The number of para-hydroxylation sites is 1. The SMILES string of the molecule is CCNC(=NCc1ccccc1NS(C)(=O)=O)N1CCC(C)(C)C1. The summed E-state index contributed by atoms with van der Waals surface area (Å²) in [6, 6.07) is 7.37. The topological polar surface area (TPSA) is 73.8 Å². The molecule has 0 spiro atoms. The van der Waals surface area contributed by atoms with Crippen LogP contribution >= 0.6 is 0 Å². The molecule has 0 aromatic heterocycles. The van der Waals surface area contributed by atoms with Crippen molar-refractivity contribution in [1.82, 2.24) is 10.2 Å². The van der Waals surface area contributed by atoms with E-state index in [-0.39, 0.29) is 0 Å². The van der Waals surface area contributed by atoms with Gasteiger partial charge in [-0.1, -0.05) is 32.0 Å². The van der Waals surface area contributed by atoms with E-state index >= 15 is 0 Å². The summed E-state index contributed by atoms with van der Waals surface area (Å²) in [4.78, 5) is 6.99. The highest BCUT2D eigenvalue weighted by Crippen LogP contribution is 2.28. The summed E-state index contributed by atoms with van der Waals surface area (Å²) in [6.07, 6.45) is 2.30. The smallest absolute Gasteiger partial charge is 0.229 e. The van der Waals surface area contributed by atoms with E-state index in [0.29, 0.717) is 17.6 Å². The molecule has 0 unspecified atom stereocenters. The largest absolute Gasteiger partial charge is 0.357 e. The fourth-order valence-corrected chi connectivity index (χ4v) is 3.44. The lowest BCUT2D eigenvalue weighted by atomic mass is 9.93. The number of anilines is 1. The average molecular weight is 353 g/mol. The quantitative estimate of drug-likeness (QED) is 0.630. The molecule has 1 aromatic carbocycles. The van der Waals surface area contributed by atoms with Crippen LogP contribution in [0.3, 0.4) is 0 Å². The number of likely N-dealkylation sites (tertiary alicyclic amines) is 1. The van der Waals surface area contributed by atoms with Crippen LogP contribution in [-0.4, -0.2) is 45.2 Å². The third kappa shape index (κ3) is 5.40. The Hall–Kier alpha value is -1.76. The van der Waals surface area contributed by atoms with Gasteiger partial charge in [0.05, 0.1) is 18.5 Å². The van der Waals surface area contributed by atoms with Crippen molar-refractivity contribution in [2.45, 2.75) is 33.7 Å². The maximum Gasteiger partial charge on any atom is 0.229 e. The van der Waals surface area contributed by atoms with Crippen molar-refractivity contribution in [3.8, 4) is 0 Å². The zero-order chi connectivity index (χ0) is 17.8. The van der Waals surface area contributed by atoms with Crippen LogP contribution in [-0.2, 0) is 16.6 Å². The van der Waals surface area contributed by atoms with Crippen LogP contribution in [0.1, 0.15) is 32.8 Å². The Kier molecular flexibility index (Phi) is 5.74. The molecule has 1 aromatic rings. The standard InChI is InChI=1S/C17H28N4O2S/c1-5-18-16(21-11-10-17(2,3)13-21)19-12-14-8-6-7-9-15(14)20-24(4,22)23/h6-9,20H,5,10-13H2,1-4H3,(H,18,19). The van der Waals surface area contributed by atoms with E-state index in [1.54, 1.807) is 6.07 Å². The second kappa shape index (κ2) is 7.42. The summed E-state index contributed by atoms with van der Waals surface area (Å²) in [6.45, 7) is 9.78. The summed E-state index contributed by atoms with van der Waals surface area (Å²) in [5.41, 5.74) is 1.74. The molecule has 0 bridgehead atoms. The summed E-state index contributed by atoms with van der Waals surface area (Å²) in [7, 11) is -3.30. The van der Waals surface area contributed by atoms with Crippen molar-refractivity contribution in [2.75, 3.05) is 30.6 Å². The first-order valence-corrected chi connectivity index (χ1v) is 10.2. The Morgan fingerprint density at radius 2 is 2.04 bits per heavy atom. The molecule has 7 heteroatoms. The van der Waals surface area contributed by atoms with E-state index in [0.717, 1.165) is 43.8 Å². The molecule has 6 nitrogen and oxygen atoms in total. The first-order chi connectivity index (χ1) is 11.2. The molecule has 1 saturated heterocycles. The number of sulfonamides is 1. The molecule has 1 fully saturated rings. The third-order valence-corrected chi connectivity index (χ3v) is 4.61. The molecule has 2 N–H and O–H groups in total. The summed E-state index contributed by atoms with van der Waals surface area (Å²) in [5.74, 6) is 0.886. The van der Waals surface area contributed by atoms with Crippen molar-refractivity contribution < 1.29 is 8.42 Å². The number of nitrogens with zero attached hydrogens (tertiary/aromatic N) is 2. The van der Waals surface area contributed by atoms with Crippen LogP contribution in [0.15, 0.2) is 29.3 Å². The van der Waals surface area contributed by atoms with Crippen LogP contribution < -0.4 is 10.0 Å². The van der Waals surface area contributed by atoms with Gasteiger partial charge in [0.15, 0.2) is 5.96 Å². The van der Waals surface area contributed by atoms with Crippen molar-refractivity contribution in [3.63, 3.8) is 0 Å². The maximum atomic E-state index is 11.5. The first kappa shape index (κ1) is 18.6. The molecule has 0 saturated carbocycles. The maximum absolute atomic E-state index is 11.5. The number of aliphatic imine (C=N–C) groups is 1. The predicted octanol–water partition coefficient (Wildman–Crippen LogP) is 2.26. The molecule has 0 radical (unpaired) electrons. The van der Waals surface area contributed by atoms with Gasteiger partial charge in [-0.2, -0.15) is 0 Å².